The minimum atomic E-state index is -0.678. The molecule has 0 amide bonds. The maximum absolute atomic E-state index is 13.0. The lowest BCUT2D eigenvalue weighted by Gasteiger charge is -2.20. The van der Waals surface area contributed by atoms with Crippen molar-refractivity contribution in [3.8, 4) is 0 Å². The van der Waals surface area contributed by atoms with Crippen LogP contribution in [0.5, 0.6) is 0 Å². The van der Waals surface area contributed by atoms with Gasteiger partial charge >= 0.3 is 17.1 Å². The van der Waals surface area contributed by atoms with E-state index >= 15 is 0 Å². The molecule has 30 heavy (non-hydrogen) atoms. The van der Waals surface area contributed by atoms with Gasteiger partial charge in [-0.3, -0.25) is 0 Å². The van der Waals surface area contributed by atoms with E-state index in [-0.39, 0.29) is 37.9 Å². The molecular weight excluding hydrogens is 398 g/mol. The minimum absolute atomic E-state index is 0.0250. The molecule has 0 spiro atoms. The molecule has 5 unspecified atom stereocenters. The van der Waals surface area contributed by atoms with Crippen molar-refractivity contribution in [2.24, 2.45) is 0 Å². The third-order valence-electron chi connectivity index (χ3n) is 5.04. The van der Waals surface area contributed by atoms with Crippen LogP contribution in [0, 0.1) is 0 Å². The van der Waals surface area contributed by atoms with E-state index < -0.39 is 29.3 Å². The van der Waals surface area contributed by atoms with Crippen LogP contribution in [0.3, 0.4) is 0 Å². The van der Waals surface area contributed by atoms with Gasteiger partial charge in [0.2, 0.25) is 0 Å². The first-order valence-corrected chi connectivity index (χ1v) is 10.2. The highest BCUT2D eigenvalue weighted by atomic mass is 16.6. The number of ether oxygens (including phenoxy) is 5. The van der Waals surface area contributed by atoms with Crippen LogP contribution < -0.4 is 17.1 Å². The summed E-state index contributed by atoms with van der Waals surface area (Å²) < 4.78 is 29.9. The zero-order valence-corrected chi connectivity index (χ0v) is 17.9. The van der Waals surface area contributed by atoms with E-state index in [4.69, 9.17) is 23.7 Å². The van der Waals surface area contributed by atoms with E-state index in [9.17, 15) is 14.4 Å². The lowest BCUT2D eigenvalue weighted by Crippen LogP contribution is -2.57. The number of nitrogens with zero attached hydrogens (tertiary/aromatic N) is 3. The molecule has 0 bridgehead atoms. The minimum Gasteiger partial charge on any atom is -0.380 e. The molecule has 1 aromatic heterocycles. The van der Waals surface area contributed by atoms with Crippen LogP contribution in [-0.4, -0.2) is 77.8 Å². The van der Waals surface area contributed by atoms with Gasteiger partial charge in [-0.2, -0.15) is 0 Å². The number of hydrogen-bond donors (Lipinski definition) is 0. The summed E-state index contributed by atoms with van der Waals surface area (Å²) in [4.78, 5) is 38.9. The van der Waals surface area contributed by atoms with Gasteiger partial charge in [-0.05, 0) is 20.8 Å². The van der Waals surface area contributed by atoms with Crippen molar-refractivity contribution in [3.05, 3.63) is 31.5 Å². The third-order valence-corrected chi connectivity index (χ3v) is 5.04. The molecule has 0 aliphatic carbocycles. The summed E-state index contributed by atoms with van der Waals surface area (Å²) in [6.07, 6.45) is -1.04. The fourth-order valence-corrected chi connectivity index (χ4v) is 2.97. The van der Waals surface area contributed by atoms with Crippen LogP contribution in [-0.2, 0) is 43.3 Å². The molecule has 3 rings (SSSR count). The summed E-state index contributed by atoms with van der Waals surface area (Å²) in [6.45, 7) is 7.48. The van der Waals surface area contributed by atoms with E-state index in [1.54, 1.807) is 20.8 Å². The number of methoxy groups -OCH3 is 1. The fraction of sp³-hybridized carbons (Fsp3) is 0.842. The topological polar surface area (TPSA) is 119 Å². The Balaban J connectivity index is 1.85. The zero-order valence-electron chi connectivity index (χ0n) is 17.9. The molecular formula is C19H31N3O8. The standard InChI is InChI=1S/C19H31N3O8/c1-12(26-4)5-20-17(23)21(6-13(2)27-8-15-10-29-15)19(25)22(18(20)24)7-14(3)28-9-16-11-30-16/h12-16H,5-11H2,1-4H3. The first-order valence-electron chi connectivity index (χ1n) is 10.2. The second kappa shape index (κ2) is 10.0. The number of rotatable bonds is 13. The average molecular weight is 429 g/mol. The van der Waals surface area contributed by atoms with E-state index in [1.165, 1.54) is 7.11 Å². The largest absolute Gasteiger partial charge is 0.380 e. The maximum Gasteiger partial charge on any atom is 0.336 e. The van der Waals surface area contributed by atoms with Gasteiger partial charge in [0, 0.05) is 7.11 Å². The van der Waals surface area contributed by atoms with Crippen LogP contribution in [0.4, 0.5) is 0 Å². The molecule has 2 saturated heterocycles. The van der Waals surface area contributed by atoms with E-state index in [2.05, 4.69) is 0 Å². The van der Waals surface area contributed by atoms with Gasteiger partial charge in [0.15, 0.2) is 0 Å². The highest BCUT2D eigenvalue weighted by Gasteiger charge is 2.26. The van der Waals surface area contributed by atoms with E-state index in [0.717, 1.165) is 13.7 Å². The summed E-state index contributed by atoms with van der Waals surface area (Å²) in [5.41, 5.74) is -2.03. The third kappa shape index (κ3) is 6.11. The predicted molar refractivity (Wildman–Crippen MR) is 106 cm³/mol. The van der Waals surface area contributed by atoms with Gasteiger partial charge in [0.25, 0.3) is 0 Å². The number of aromatic nitrogens is 3. The molecule has 0 aromatic carbocycles. The van der Waals surface area contributed by atoms with Crippen molar-refractivity contribution in [2.45, 2.75) is 70.9 Å². The molecule has 0 radical (unpaired) electrons. The van der Waals surface area contributed by atoms with Crippen LogP contribution in [0.1, 0.15) is 20.8 Å². The summed E-state index contributed by atoms with van der Waals surface area (Å²) in [6, 6.07) is 0. The quantitative estimate of drug-likeness (QED) is 0.359. The predicted octanol–water partition coefficient (Wildman–Crippen LogP) is -1.19. The van der Waals surface area contributed by atoms with Gasteiger partial charge < -0.3 is 23.7 Å². The van der Waals surface area contributed by atoms with Crippen molar-refractivity contribution in [1.29, 1.82) is 0 Å². The Hall–Kier alpha value is -1.79. The lowest BCUT2D eigenvalue weighted by molar-refractivity contribution is 0.0355. The zero-order chi connectivity index (χ0) is 21.8. The van der Waals surface area contributed by atoms with Crippen LogP contribution in [0.15, 0.2) is 14.4 Å². The monoisotopic (exact) mass is 429 g/mol. The van der Waals surface area contributed by atoms with Gasteiger partial charge in [0.1, 0.15) is 12.2 Å². The SMILES string of the molecule is COC(C)Cn1c(=O)n(CC(C)OCC2CO2)c(=O)n(CC(C)OCC2CO2)c1=O. The molecule has 1 aromatic rings. The van der Waals surface area contributed by atoms with Gasteiger partial charge in [-0.15, -0.1) is 0 Å². The first kappa shape index (κ1) is 22.9. The van der Waals surface area contributed by atoms with Crippen molar-refractivity contribution in [3.63, 3.8) is 0 Å². The normalized spacial score (nSPS) is 23.2. The summed E-state index contributed by atoms with van der Waals surface area (Å²) >= 11 is 0. The highest BCUT2D eigenvalue weighted by Crippen LogP contribution is 2.11. The first-order chi connectivity index (χ1) is 14.3. The number of hydrogen-bond acceptors (Lipinski definition) is 8. The number of epoxide rings is 2. The fourth-order valence-electron chi connectivity index (χ4n) is 2.97. The van der Waals surface area contributed by atoms with Crippen molar-refractivity contribution in [2.75, 3.05) is 33.5 Å². The molecule has 5 atom stereocenters. The van der Waals surface area contributed by atoms with Gasteiger partial charge in [0.05, 0.1) is 64.4 Å². The highest BCUT2D eigenvalue weighted by molar-refractivity contribution is 4.82. The molecule has 2 fully saturated rings. The Morgan fingerprint density at radius 2 is 1.10 bits per heavy atom. The van der Waals surface area contributed by atoms with Crippen LogP contribution in [0.2, 0.25) is 0 Å². The molecule has 0 saturated carbocycles. The Morgan fingerprint density at radius 1 is 0.767 bits per heavy atom. The average Bonchev–Trinajstić information content (AvgIpc) is 3.62. The molecule has 170 valence electrons. The molecule has 0 N–H and O–H groups in total. The Morgan fingerprint density at radius 3 is 1.40 bits per heavy atom. The molecule has 2 aliphatic rings. The van der Waals surface area contributed by atoms with Crippen molar-refractivity contribution in [1.82, 2.24) is 13.7 Å². The van der Waals surface area contributed by atoms with E-state index in [1.807, 2.05) is 0 Å². The summed E-state index contributed by atoms with van der Waals surface area (Å²) in [5, 5.41) is 0. The van der Waals surface area contributed by atoms with Crippen LogP contribution >= 0.6 is 0 Å². The van der Waals surface area contributed by atoms with Gasteiger partial charge in [-0.1, -0.05) is 0 Å². The summed E-state index contributed by atoms with van der Waals surface area (Å²) in [5.74, 6) is 0. The van der Waals surface area contributed by atoms with Crippen LogP contribution in [0.25, 0.3) is 0 Å². The Labute approximate surface area is 174 Å². The van der Waals surface area contributed by atoms with Crippen molar-refractivity contribution >= 4 is 0 Å². The molecule has 2 aliphatic heterocycles. The second-order valence-corrected chi connectivity index (χ2v) is 7.92. The smallest absolute Gasteiger partial charge is 0.336 e. The Kier molecular flexibility index (Phi) is 7.64. The lowest BCUT2D eigenvalue weighted by atomic mass is 10.3. The second-order valence-electron chi connectivity index (χ2n) is 7.92. The molecule has 11 heteroatoms. The molecule has 3 heterocycles. The maximum atomic E-state index is 13.0. The van der Waals surface area contributed by atoms with E-state index in [0.29, 0.717) is 26.4 Å². The molecule has 11 nitrogen and oxygen atoms in total. The van der Waals surface area contributed by atoms with Crippen molar-refractivity contribution < 1.29 is 23.7 Å². The Bertz CT molecular complexity index is 821. The van der Waals surface area contributed by atoms with Gasteiger partial charge in [-0.25, -0.2) is 28.1 Å². The summed E-state index contributed by atoms with van der Waals surface area (Å²) in [7, 11) is 1.50.